The molecule has 0 unspecified atom stereocenters. The van der Waals surface area contributed by atoms with Crippen LogP contribution >= 0.6 is 0 Å². The Morgan fingerprint density at radius 1 is 1.07 bits per heavy atom. The summed E-state index contributed by atoms with van der Waals surface area (Å²) in [5, 5.41) is 10.9. The van der Waals surface area contributed by atoms with Crippen molar-refractivity contribution in [3.8, 4) is 17.2 Å². The zero-order chi connectivity index (χ0) is 21.5. The highest BCUT2D eigenvalue weighted by atomic mass is 19.1. The van der Waals surface area contributed by atoms with Crippen LogP contribution in [-0.4, -0.2) is 40.7 Å². The first kappa shape index (κ1) is 21.3. The van der Waals surface area contributed by atoms with Gasteiger partial charge in [-0.1, -0.05) is 11.3 Å². The average molecular weight is 412 g/mol. The van der Waals surface area contributed by atoms with Gasteiger partial charge in [0.1, 0.15) is 5.82 Å². The second-order valence-electron chi connectivity index (χ2n) is 6.56. The topological polar surface area (TPSA) is 78.3 Å². The fourth-order valence-corrected chi connectivity index (χ4v) is 3.02. The normalized spacial score (nSPS) is 10.7. The zero-order valence-corrected chi connectivity index (χ0v) is 17.3. The second-order valence-corrected chi connectivity index (χ2v) is 6.56. The Bertz CT molecular complexity index is 1000. The number of halogens is 1. The molecule has 0 aliphatic heterocycles. The van der Waals surface area contributed by atoms with Crippen LogP contribution in [0.1, 0.15) is 35.6 Å². The van der Waals surface area contributed by atoms with Gasteiger partial charge in [0.25, 0.3) is 5.91 Å². The lowest BCUT2D eigenvalue weighted by atomic mass is 10.1. The van der Waals surface area contributed by atoms with E-state index in [2.05, 4.69) is 15.6 Å². The van der Waals surface area contributed by atoms with Crippen molar-refractivity contribution in [3.63, 3.8) is 0 Å². The van der Waals surface area contributed by atoms with Gasteiger partial charge >= 0.3 is 0 Å². The SMILES string of the molecule is CCOc1ccc(CCNC(=O)c2nnn(-c3ccc(F)cc3)c2C)cc1OCC. The minimum absolute atomic E-state index is 0.237. The van der Waals surface area contributed by atoms with Crippen molar-refractivity contribution in [1.82, 2.24) is 20.3 Å². The predicted molar refractivity (Wildman–Crippen MR) is 111 cm³/mol. The van der Waals surface area contributed by atoms with E-state index in [1.165, 1.54) is 16.8 Å². The molecule has 0 saturated carbocycles. The highest BCUT2D eigenvalue weighted by Crippen LogP contribution is 2.28. The van der Waals surface area contributed by atoms with Crippen molar-refractivity contribution in [3.05, 3.63) is 65.2 Å². The Labute approximate surface area is 174 Å². The lowest BCUT2D eigenvalue weighted by Crippen LogP contribution is -2.26. The number of nitrogens with zero attached hydrogens (tertiary/aromatic N) is 3. The lowest BCUT2D eigenvalue weighted by Gasteiger charge is -2.12. The van der Waals surface area contributed by atoms with Crippen LogP contribution in [0.25, 0.3) is 5.69 Å². The molecule has 0 atom stereocenters. The molecule has 3 aromatic rings. The number of carbonyl (C=O) groups excluding carboxylic acids is 1. The molecule has 30 heavy (non-hydrogen) atoms. The van der Waals surface area contributed by atoms with Crippen LogP contribution in [0.5, 0.6) is 11.5 Å². The number of hydrogen-bond acceptors (Lipinski definition) is 5. The molecule has 1 aromatic heterocycles. The second kappa shape index (κ2) is 9.87. The summed E-state index contributed by atoms with van der Waals surface area (Å²) < 4.78 is 25.8. The van der Waals surface area contributed by atoms with E-state index in [1.807, 2.05) is 32.0 Å². The summed E-state index contributed by atoms with van der Waals surface area (Å²) in [6, 6.07) is 11.6. The Kier molecular flexibility index (Phi) is 7.00. The third kappa shape index (κ3) is 4.94. The molecular weight excluding hydrogens is 387 g/mol. The summed E-state index contributed by atoms with van der Waals surface area (Å²) in [5.41, 5.74) is 2.48. The molecule has 0 aliphatic rings. The molecule has 8 heteroatoms. The highest BCUT2D eigenvalue weighted by molar-refractivity contribution is 5.93. The van der Waals surface area contributed by atoms with E-state index in [1.54, 1.807) is 19.1 Å². The van der Waals surface area contributed by atoms with Crippen LogP contribution in [0.4, 0.5) is 4.39 Å². The van der Waals surface area contributed by atoms with E-state index in [9.17, 15) is 9.18 Å². The Hall–Kier alpha value is -3.42. The number of ether oxygens (including phenoxy) is 2. The summed E-state index contributed by atoms with van der Waals surface area (Å²) in [4.78, 5) is 12.5. The van der Waals surface area contributed by atoms with E-state index in [4.69, 9.17) is 9.47 Å². The molecule has 1 N–H and O–H groups in total. The molecule has 0 saturated heterocycles. The maximum absolute atomic E-state index is 13.1. The van der Waals surface area contributed by atoms with Crippen LogP contribution in [-0.2, 0) is 6.42 Å². The first-order valence-electron chi connectivity index (χ1n) is 9.88. The first-order valence-corrected chi connectivity index (χ1v) is 9.88. The summed E-state index contributed by atoms with van der Waals surface area (Å²) in [5.74, 6) is 0.759. The Morgan fingerprint density at radius 3 is 2.47 bits per heavy atom. The molecule has 2 aromatic carbocycles. The maximum atomic E-state index is 13.1. The fourth-order valence-electron chi connectivity index (χ4n) is 3.02. The van der Waals surface area contributed by atoms with Crippen LogP contribution in [0.2, 0.25) is 0 Å². The third-order valence-corrected chi connectivity index (χ3v) is 4.49. The van der Waals surface area contributed by atoms with Crippen molar-refractivity contribution in [1.29, 1.82) is 0 Å². The third-order valence-electron chi connectivity index (χ3n) is 4.49. The molecule has 1 heterocycles. The van der Waals surface area contributed by atoms with Crippen molar-refractivity contribution in [2.45, 2.75) is 27.2 Å². The van der Waals surface area contributed by atoms with Crippen LogP contribution in [0.3, 0.4) is 0 Å². The van der Waals surface area contributed by atoms with E-state index in [0.29, 0.717) is 49.1 Å². The van der Waals surface area contributed by atoms with Gasteiger partial charge in [0.2, 0.25) is 0 Å². The van der Waals surface area contributed by atoms with Gasteiger partial charge in [0.15, 0.2) is 17.2 Å². The fraction of sp³-hybridized carbons (Fsp3) is 0.318. The van der Waals surface area contributed by atoms with E-state index in [-0.39, 0.29) is 17.4 Å². The number of hydrogen-bond donors (Lipinski definition) is 1. The molecular formula is C22H25FN4O3. The van der Waals surface area contributed by atoms with Crippen LogP contribution < -0.4 is 14.8 Å². The summed E-state index contributed by atoms with van der Waals surface area (Å²) in [6.45, 7) is 7.13. The smallest absolute Gasteiger partial charge is 0.273 e. The molecule has 0 spiro atoms. The first-order chi connectivity index (χ1) is 14.5. The number of carbonyl (C=O) groups is 1. The molecule has 0 bridgehead atoms. The summed E-state index contributed by atoms with van der Waals surface area (Å²) in [6.07, 6.45) is 0.628. The van der Waals surface area contributed by atoms with Crippen LogP contribution in [0.15, 0.2) is 42.5 Å². The van der Waals surface area contributed by atoms with Gasteiger partial charge in [-0.05, 0) is 69.2 Å². The van der Waals surface area contributed by atoms with Gasteiger partial charge in [-0.3, -0.25) is 4.79 Å². The quantitative estimate of drug-likeness (QED) is 0.582. The largest absolute Gasteiger partial charge is 0.490 e. The highest BCUT2D eigenvalue weighted by Gasteiger charge is 2.17. The van der Waals surface area contributed by atoms with Gasteiger partial charge in [-0.15, -0.1) is 5.10 Å². The minimum Gasteiger partial charge on any atom is -0.490 e. The van der Waals surface area contributed by atoms with Gasteiger partial charge in [-0.25, -0.2) is 9.07 Å². The maximum Gasteiger partial charge on any atom is 0.273 e. The lowest BCUT2D eigenvalue weighted by molar-refractivity contribution is 0.0948. The van der Waals surface area contributed by atoms with Crippen molar-refractivity contribution in [2.75, 3.05) is 19.8 Å². The minimum atomic E-state index is -0.337. The van der Waals surface area contributed by atoms with Gasteiger partial charge in [0, 0.05) is 6.54 Å². The van der Waals surface area contributed by atoms with Crippen LogP contribution in [0, 0.1) is 12.7 Å². The van der Waals surface area contributed by atoms with Crippen molar-refractivity contribution >= 4 is 5.91 Å². The number of benzene rings is 2. The number of nitrogens with one attached hydrogen (secondary N) is 1. The monoisotopic (exact) mass is 412 g/mol. The zero-order valence-electron chi connectivity index (χ0n) is 17.3. The summed E-state index contributed by atoms with van der Waals surface area (Å²) in [7, 11) is 0. The Morgan fingerprint density at radius 2 is 1.77 bits per heavy atom. The standard InChI is InChI=1S/C22H25FN4O3/c1-4-29-19-11-6-16(14-20(19)30-5-2)12-13-24-22(28)21-15(3)27(26-25-21)18-9-7-17(23)8-10-18/h6-11,14H,4-5,12-13H2,1-3H3,(H,24,28). The van der Waals surface area contributed by atoms with Gasteiger partial charge in [0.05, 0.1) is 24.6 Å². The van der Waals surface area contributed by atoms with Crippen molar-refractivity contribution in [2.24, 2.45) is 0 Å². The molecule has 0 fully saturated rings. The molecule has 158 valence electrons. The Balaban J connectivity index is 1.62. The molecule has 0 aliphatic carbocycles. The predicted octanol–water partition coefficient (Wildman–Crippen LogP) is 3.48. The molecule has 3 rings (SSSR count). The van der Waals surface area contributed by atoms with E-state index >= 15 is 0 Å². The summed E-state index contributed by atoms with van der Waals surface area (Å²) >= 11 is 0. The van der Waals surface area contributed by atoms with E-state index in [0.717, 1.165) is 5.56 Å². The van der Waals surface area contributed by atoms with Crippen molar-refractivity contribution < 1.29 is 18.7 Å². The number of aromatic nitrogens is 3. The molecule has 0 radical (unpaired) electrons. The van der Waals surface area contributed by atoms with E-state index < -0.39 is 0 Å². The molecule has 1 amide bonds. The molecule has 7 nitrogen and oxygen atoms in total. The number of rotatable bonds is 9. The number of amides is 1. The average Bonchev–Trinajstić information content (AvgIpc) is 3.12. The van der Waals surface area contributed by atoms with Gasteiger partial charge in [-0.2, -0.15) is 0 Å². The van der Waals surface area contributed by atoms with Gasteiger partial charge < -0.3 is 14.8 Å².